The normalized spacial score (nSPS) is 10.5. The Labute approximate surface area is 84.2 Å². The molecule has 2 aromatic heterocycles. The minimum atomic E-state index is -0.505. The largest absolute Gasteiger partial charge is 0.329 e. The summed E-state index contributed by atoms with van der Waals surface area (Å²) >= 11 is 0. The molecular formula is C9H8N4O2. The highest BCUT2D eigenvalue weighted by Gasteiger charge is 2.12. The number of nitrogens with zero attached hydrogens (tertiary/aromatic N) is 3. The van der Waals surface area contributed by atoms with Crippen LogP contribution in [0.25, 0.3) is 11.2 Å². The van der Waals surface area contributed by atoms with E-state index in [9.17, 15) is 9.59 Å². The summed E-state index contributed by atoms with van der Waals surface area (Å²) in [5.41, 5.74) is -0.400. The summed E-state index contributed by atoms with van der Waals surface area (Å²) in [5.74, 6) is 2.66. The van der Waals surface area contributed by atoms with Crippen LogP contribution in [0.1, 0.15) is 5.82 Å². The Hall–Kier alpha value is -2.29. The van der Waals surface area contributed by atoms with E-state index in [4.69, 9.17) is 6.42 Å². The van der Waals surface area contributed by atoms with Crippen LogP contribution in [-0.2, 0) is 14.1 Å². The molecule has 15 heavy (non-hydrogen) atoms. The Morgan fingerprint density at radius 1 is 1.33 bits per heavy atom. The fourth-order valence-corrected chi connectivity index (χ4v) is 1.44. The number of aryl methyl sites for hydroxylation is 2. The Balaban J connectivity index is 3.16. The van der Waals surface area contributed by atoms with E-state index in [1.807, 2.05) is 0 Å². The maximum Gasteiger partial charge on any atom is 0.329 e. The quantitative estimate of drug-likeness (QED) is 0.556. The van der Waals surface area contributed by atoms with Crippen LogP contribution >= 0.6 is 0 Å². The van der Waals surface area contributed by atoms with Crippen molar-refractivity contribution in [3.8, 4) is 12.3 Å². The molecule has 0 aliphatic carbocycles. The second-order valence-electron chi connectivity index (χ2n) is 3.13. The van der Waals surface area contributed by atoms with Gasteiger partial charge in [-0.3, -0.25) is 14.3 Å². The molecule has 0 spiro atoms. The average molecular weight is 204 g/mol. The molecule has 0 unspecified atom stereocenters. The summed E-state index contributed by atoms with van der Waals surface area (Å²) < 4.78 is 2.73. The first kappa shape index (κ1) is 9.27. The highest BCUT2D eigenvalue weighted by molar-refractivity contribution is 5.71. The smallest absolute Gasteiger partial charge is 0.315 e. The van der Waals surface area contributed by atoms with Crippen molar-refractivity contribution < 1.29 is 0 Å². The van der Waals surface area contributed by atoms with E-state index in [0.29, 0.717) is 17.0 Å². The summed E-state index contributed by atoms with van der Waals surface area (Å²) in [5, 5.41) is 0. The number of imidazole rings is 1. The lowest BCUT2D eigenvalue weighted by Crippen LogP contribution is -2.29. The number of terminal acetylenes is 1. The Kier molecular flexibility index (Phi) is 1.76. The number of aromatic nitrogens is 4. The van der Waals surface area contributed by atoms with Crippen molar-refractivity contribution in [1.82, 2.24) is 19.1 Å². The van der Waals surface area contributed by atoms with Crippen molar-refractivity contribution in [3.63, 3.8) is 0 Å². The lowest BCUT2D eigenvalue weighted by Gasteiger charge is -1.97. The van der Waals surface area contributed by atoms with Gasteiger partial charge in [0.05, 0.1) is 0 Å². The van der Waals surface area contributed by atoms with Gasteiger partial charge in [-0.1, -0.05) is 0 Å². The van der Waals surface area contributed by atoms with E-state index < -0.39 is 11.2 Å². The molecule has 6 nitrogen and oxygen atoms in total. The second kappa shape index (κ2) is 2.85. The maximum atomic E-state index is 11.5. The molecule has 0 aromatic carbocycles. The molecule has 2 heterocycles. The predicted molar refractivity (Wildman–Crippen MR) is 54.5 cm³/mol. The third kappa shape index (κ3) is 1.10. The van der Waals surface area contributed by atoms with Crippen LogP contribution in [0.15, 0.2) is 9.59 Å². The molecule has 1 N–H and O–H groups in total. The molecule has 0 aliphatic rings. The Morgan fingerprint density at radius 2 is 2.00 bits per heavy atom. The molecule has 0 saturated heterocycles. The third-order valence-electron chi connectivity index (χ3n) is 2.26. The van der Waals surface area contributed by atoms with Crippen molar-refractivity contribution in [3.05, 3.63) is 26.7 Å². The topological polar surface area (TPSA) is 72.7 Å². The van der Waals surface area contributed by atoms with Gasteiger partial charge in [0, 0.05) is 14.1 Å². The first-order chi connectivity index (χ1) is 7.06. The van der Waals surface area contributed by atoms with Crippen LogP contribution in [0.2, 0.25) is 0 Å². The molecular weight excluding hydrogens is 196 g/mol. The van der Waals surface area contributed by atoms with Gasteiger partial charge in [0.25, 0.3) is 5.56 Å². The van der Waals surface area contributed by atoms with Crippen molar-refractivity contribution in [2.75, 3.05) is 0 Å². The minimum Gasteiger partial charge on any atom is -0.315 e. The average Bonchev–Trinajstić information content (AvgIpc) is 2.53. The highest BCUT2D eigenvalue weighted by atomic mass is 16.2. The van der Waals surface area contributed by atoms with Crippen molar-refractivity contribution in [1.29, 1.82) is 0 Å². The summed E-state index contributed by atoms with van der Waals surface area (Å²) in [6.45, 7) is 0. The van der Waals surface area contributed by atoms with Crippen LogP contribution in [0.4, 0.5) is 0 Å². The summed E-state index contributed by atoms with van der Waals surface area (Å²) in [7, 11) is 3.15. The van der Waals surface area contributed by atoms with Gasteiger partial charge in [0.15, 0.2) is 17.0 Å². The van der Waals surface area contributed by atoms with E-state index >= 15 is 0 Å². The lowest BCUT2D eigenvalue weighted by molar-refractivity contribution is 0.829. The second-order valence-corrected chi connectivity index (χ2v) is 3.13. The van der Waals surface area contributed by atoms with Gasteiger partial charge in [-0.05, 0) is 5.92 Å². The molecule has 0 saturated carbocycles. The first-order valence-electron chi connectivity index (χ1n) is 4.18. The van der Waals surface area contributed by atoms with Crippen LogP contribution in [0.5, 0.6) is 0 Å². The predicted octanol–water partition coefficient (Wildman–Crippen LogP) is -1.06. The van der Waals surface area contributed by atoms with Gasteiger partial charge in [0.1, 0.15) is 0 Å². The molecule has 0 aliphatic heterocycles. The third-order valence-corrected chi connectivity index (χ3v) is 2.26. The maximum absolute atomic E-state index is 11.5. The number of nitrogens with one attached hydrogen (secondary N) is 1. The van der Waals surface area contributed by atoms with E-state index in [-0.39, 0.29) is 0 Å². The van der Waals surface area contributed by atoms with Gasteiger partial charge in [-0.25, -0.2) is 9.78 Å². The van der Waals surface area contributed by atoms with Gasteiger partial charge in [0.2, 0.25) is 0 Å². The molecule has 0 bridgehead atoms. The van der Waals surface area contributed by atoms with E-state index in [2.05, 4.69) is 15.9 Å². The van der Waals surface area contributed by atoms with Crippen LogP contribution < -0.4 is 11.2 Å². The number of aromatic amines is 1. The standard InChI is InChI=1S/C9H8N4O2/c1-4-5-10-7-6(12(5)2)8(14)11-9(15)13(7)3/h1H,2-3H3,(H,11,14,15). The van der Waals surface area contributed by atoms with Crippen LogP contribution in [0.3, 0.4) is 0 Å². The van der Waals surface area contributed by atoms with Crippen molar-refractivity contribution in [2.45, 2.75) is 0 Å². The molecule has 0 radical (unpaired) electrons. The summed E-state index contributed by atoms with van der Waals surface area (Å²) in [6, 6.07) is 0. The fourth-order valence-electron chi connectivity index (χ4n) is 1.44. The molecule has 0 atom stereocenters. The lowest BCUT2D eigenvalue weighted by atomic mass is 10.5. The van der Waals surface area contributed by atoms with Gasteiger partial charge in [-0.15, -0.1) is 6.42 Å². The molecule has 6 heteroatoms. The van der Waals surface area contributed by atoms with Gasteiger partial charge in [-0.2, -0.15) is 0 Å². The molecule has 0 amide bonds. The molecule has 0 fully saturated rings. The summed E-state index contributed by atoms with van der Waals surface area (Å²) in [6.07, 6.45) is 5.22. The number of rotatable bonds is 0. The van der Waals surface area contributed by atoms with Crippen LogP contribution in [-0.4, -0.2) is 19.1 Å². The Bertz CT molecular complexity index is 696. The van der Waals surface area contributed by atoms with E-state index in [1.54, 1.807) is 7.05 Å². The van der Waals surface area contributed by atoms with E-state index in [0.717, 1.165) is 0 Å². The minimum absolute atomic E-state index is 0.291. The van der Waals surface area contributed by atoms with Crippen LogP contribution in [0, 0.1) is 12.3 Å². The monoisotopic (exact) mass is 204 g/mol. The highest BCUT2D eigenvalue weighted by Crippen LogP contribution is 2.06. The SMILES string of the molecule is C#Cc1nc2c(c(=O)[nH]c(=O)n2C)n1C. The fraction of sp³-hybridized carbons (Fsp3) is 0.222. The number of fused-ring (bicyclic) bond motifs is 1. The molecule has 76 valence electrons. The van der Waals surface area contributed by atoms with Crippen molar-refractivity contribution >= 4 is 11.2 Å². The molecule has 2 rings (SSSR count). The number of hydrogen-bond acceptors (Lipinski definition) is 3. The van der Waals surface area contributed by atoms with Crippen molar-refractivity contribution in [2.24, 2.45) is 14.1 Å². The number of H-pyrrole nitrogens is 1. The Morgan fingerprint density at radius 3 is 2.60 bits per heavy atom. The first-order valence-corrected chi connectivity index (χ1v) is 4.18. The zero-order chi connectivity index (χ0) is 11.2. The van der Waals surface area contributed by atoms with Gasteiger partial charge < -0.3 is 4.57 Å². The zero-order valence-corrected chi connectivity index (χ0v) is 8.24. The number of hydrogen-bond donors (Lipinski definition) is 1. The zero-order valence-electron chi connectivity index (χ0n) is 8.24. The van der Waals surface area contributed by atoms with E-state index in [1.165, 1.54) is 16.2 Å². The summed E-state index contributed by atoms with van der Waals surface area (Å²) in [4.78, 5) is 29.0. The molecule has 2 aromatic rings. The van der Waals surface area contributed by atoms with Gasteiger partial charge >= 0.3 is 5.69 Å².